The van der Waals surface area contributed by atoms with Gasteiger partial charge in [0.05, 0.1) is 16.2 Å². The summed E-state index contributed by atoms with van der Waals surface area (Å²) in [6, 6.07) is 3.27. The van der Waals surface area contributed by atoms with Crippen LogP contribution in [0.1, 0.15) is 5.56 Å². The Morgan fingerprint density at radius 2 is 2.16 bits per heavy atom. The fourth-order valence-electron chi connectivity index (χ4n) is 1.69. The highest BCUT2D eigenvalue weighted by Gasteiger charge is 2.33. The van der Waals surface area contributed by atoms with Crippen LogP contribution in [-0.4, -0.2) is 28.4 Å². The van der Waals surface area contributed by atoms with Crippen molar-refractivity contribution in [1.29, 1.82) is 0 Å². The fraction of sp³-hybridized carbons (Fsp3) is 0.273. The van der Waals surface area contributed by atoms with Crippen molar-refractivity contribution in [1.82, 2.24) is 0 Å². The van der Waals surface area contributed by atoms with Gasteiger partial charge in [-0.1, -0.05) is 12.2 Å². The molecule has 0 fully saturated rings. The van der Waals surface area contributed by atoms with Gasteiger partial charge in [0.25, 0.3) is 0 Å². The zero-order chi connectivity index (χ0) is 14.2. The lowest BCUT2D eigenvalue weighted by molar-refractivity contribution is -0.137. The summed E-state index contributed by atoms with van der Waals surface area (Å²) in [5.41, 5.74) is -0.606. The number of carboxylic acids is 1. The highest BCUT2D eigenvalue weighted by molar-refractivity contribution is 8.01. The van der Waals surface area contributed by atoms with E-state index in [-0.39, 0.29) is 5.69 Å². The molecule has 0 saturated carbocycles. The number of aliphatic carboxylic acids is 1. The molecule has 3 nitrogen and oxygen atoms in total. The van der Waals surface area contributed by atoms with Crippen molar-refractivity contribution in [3.8, 4) is 0 Å². The van der Waals surface area contributed by atoms with Gasteiger partial charge >= 0.3 is 12.1 Å². The highest BCUT2D eigenvalue weighted by atomic mass is 32.2. The van der Waals surface area contributed by atoms with Crippen molar-refractivity contribution >= 4 is 40.6 Å². The van der Waals surface area contributed by atoms with E-state index in [4.69, 9.17) is 17.3 Å². The number of hydrogen-bond donors (Lipinski definition) is 1. The SMILES string of the molecule is O=C(O)CN1C(=S)CSc2ccc(C(F)(F)F)cc21. The number of hydrogen-bond acceptors (Lipinski definition) is 3. The van der Waals surface area contributed by atoms with Crippen LogP contribution in [0.15, 0.2) is 23.1 Å². The minimum atomic E-state index is -4.46. The second kappa shape index (κ2) is 5.01. The Kier molecular flexibility index (Phi) is 3.73. The van der Waals surface area contributed by atoms with Gasteiger partial charge in [-0.05, 0) is 18.2 Å². The molecule has 2 rings (SSSR count). The van der Waals surface area contributed by atoms with E-state index in [0.29, 0.717) is 15.6 Å². The average Bonchev–Trinajstić information content (AvgIpc) is 2.30. The van der Waals surface area contributed by atoms with Crippen molar-refractivity contribution in [2.75, 3.05) is 17.2 Å². The summed E-state index contributed by atoms with van der Waals surface area (Å²) in [5.74, 6) is -0.751. The van der Waals surface area contributed by atoms with Crippen molar-refractivity contribution in [3.63, 3.8) is 0 Å². The summed E-state index contributed by atoms with van der Waals surface area (Å²) < 4.78 is 38.0. The van der Waals surface area contributed by atoms with Crippen LogP contribution in [0.25, 0.3) is 0 Å². The van der Waals surface area contributed by atoms with Gasteiger partial charge < -0.3 is 10.0 Å². The van der Waals surface area contributed by atoms with Crippen LogP contribution in [0.5, 0.6) is 0 Å². The van der Waals surface area contributed by atoms with E-state index < -0.39 is 24.3 Å². The van der Waals surface area contributed by atoms with E-state index in [0.717, 1.165) is 12.1 Å². The molecule has 0 radical (unpaired) electrons. The summed E-state index contributed by atoms with van der Waals surface area (Å²) >= 11 is 6.32. The normalized spacial score (nSPS) is 15.3. The number of fused-ring (bicyclic) bond motifs is 1. The number of carboxylic acid groups (broad SMARTS) is 1. The smallest absolute Gasteiger partial charge is 0.416 e. The number of halogens is 3. The van der Waals surface area contributed by atoms with Crippen molar-refractivity contribution in [2.45, 2.75) is 11.1 Å². The Bertz CT molecular complexity index is 545. The maximum atomic E-state index is 12.7. The topological polar surface area (TPSA) is 40.5 Å². The second-order valence-corrected chi connectivity index (χ2v) is 5.33. The van der Waals surface area contributed by atoms with Gasteiger partial charge in [0.1, 0.15) is 6.54 Å². The molecule has 0 aliphatic carbocycles. The van der Waals surface area contributed by atoms with Crippen molar-refractivity contribution < 1.29 is 23.1 Å². The molecule has 19 heavy (non-hydrogen) atoms. The Labute approximate surface area is 116 Å². The third-order valence-corrected chi connectivity index (χ3v) is 4.14. The van der Waals surface area contributed by atoms with E-state index in [2.05, 4.69) is 0 Å². The van der Waals surface area contributed by atoms with E-state index in [1.807, 2.05) is 0 Å². The average molecular weight is 307 g/mol. The number of carbonyl (C=O) groups is 1. The first-order chi connectivity index (χ1) is 8.79. The molecule has 0 spiro atoms. The van der Waals surface area contributed by atoms with Crippen LogP contribution >= 0.6 is 24.0 Å². The molecule has 0 aromatic heterocycles. The molecule has 1 aliphatic heterocycles. The molecular formula is C11H8F3NO2S2. The summed E-state index contributed by atoms with van der Waals surface area (Å²) in [7, 11) is 0. The Morgan fingerprint density at radius 3 is 2.74 bits per heavy atom. The number of thioether (sulfide) groups is 1. The quantitative estimate of drug-likeness (QED) is 0.851. The van der Waals surface area contributed by atoms with E-state index in [9.17, 15) is 18.0 Å². The standard InChI is InChI=1S/C11H8F3NO2S2/c12-11(13,14)6-1-2-8-7(3-6)15(4-10(16)17)9(18)5-19-8/h1-3H,4-5H2,(H,16,17). The molecular weight excluding hydrogens is 299 g/mol. The lowest BCUT2D eigenvalue weighted by atomic mass is 10.1. The van der Waals surface area contributed by atoms with E-state index in [1.54, 1.807) is 0 Å². The van der Waals surface area contributed by atoms with Crippen LogP contribution in [-0.2, 0) is 11.0 Å². The first-order valence-corrected chi connectivity index (χ1v) is 6.54. The number of alkyl halides is 3. The molecule has 1 heterocycles. The molecule has 8 heteroatoms. The summed E-state index contributed by atoms with van der Waals surface area (Å²) in [6.45, 7) is -0.437. The molecule has 1 aromatic rings. The number of benzene rings is 1. The number of anilines is 1. The van der Waals surface area contributed by atoms with Crippen LogP contribution in [0.3, 0.4) is 0 Å². The van der Waals surface area contributed by atoms with Crippen LogP contribution < -0.4 is 4.90 Å². The van der Waals surface area contributed by atoms with E-state index in [1.165, 1.54) is 22.7 Å². The van der Waals surface area contributed by atoms with Gasteiger partial charge in [-0.2, -0.15) is 13.2 Å². The second-order valence-electron chi connectivity index (χ2n) is 3.84. The Morgan fingerprint density at radius 1 is 1.47 bits per heavy atom. The lowest BCUT2D eigenvalue weighted by Gasteiger charge is -2.30. The molecule has 0 bridgehead atoms. The first kappa shape index (κ1) is 14.1. The van der Waals surface area contributed by atoms with Gasteiger partial charge in [-0.3, -0.25) is 4.79 Å². The summed E-state index contributed by atoms with van der Waals surface area (Å²) in [5, 5.41) is 8.81. The molecule has 0 saturated heterocycles. The van der Waals surface area contributed by atoms with Crippen LogP contribution in [0, 0.1) is 0 Å². The van der Waals surface area contributed by atoms with E-state index >= 15 is 0 Å². The van der Waals surface area contributed by atoms with Crippen LogP contribution in [0.4, 0.5) is 18.9 Å². The zero-order valence-corrected chi connectivity index (χ0v) is 11.0. The number of rotatable bonds is 2. The molecule has 1 aliphatic rings. The Hall–Kier alpha value is -1.28. The molecule has 102 valence electrons. The predicted octanol–water partition coefficient (Wildman–Crippen LogP) is 3.03. The van der Waals surface area contributed by atoms with Gasteiger partial charge in [-0.25, -0.2) is 0 Å². The maximum absolute atomic E-state index is 12.7. The highest BCUT2D eigenvalue weighted by Crippen LogP contribution is 2.40. The van der Waals surface area contributed by atoms with Gasteiger partial charge in [0.15, 0.2) is 0 Å². The van der Waals surface area contributed by atoms with Crippen LogP contribution in [0.2, 0.25) is 0 Å². The maximum Gasteiger partial charge on any atom is 0.416 e. The predicted molar refractivity (Wildman–Crippen MR) is 69.7 cm³/mol. The molecule has 1 N–H and O–H groups in total. The molecule has 1 aromatic carbocycles. The lowest BCUT2D eigenvalue weighted by Crippen LogP contribution is -2.38. The fourth-order valence-corrected chi connectivity index (χ4v) is 2.94. The third-order valence-electron chi connectivity index (χ3n) is 2.52. The minimum absolute atomic E-state index is 0.207. The zero-order valence-electron chi connectivity index (χ0n) is 9.40. The summed E-state index contributed by atoms with van der Waals surface area (Å²) in [6.07, 6.45) is -4.46. The first-order valence-electron chi connectivity index (χ1n) is 5.15. The van der Waals surface area contributed by atoms with Gasteiger partial charge in [-0.15, -0.1) is 11.8 Å². The molecule has 0 unspecified atom stereocenters. The summed E-state index contributed by atoms with van der Waals surface area (Å²) in [4.78, 5) is 12.9. The third kappa shape index (κ3) is 3.01. The monoisotopic (exact) mass is 307 g/mol. The van der Waals surface area contributed by atoms with Gasteiger partial charge in [0, 0.05) is 10.6 Å². The van der Waals surface area contributed by atoms with Crippen molar-refractivity contribution in [2.24, 2.45) is 0 Å². The molecule has 0 amide bonds. The largest absolute Gasteiger partial charge is 0.480 e. The minimum Gasteiger partial charge on any atom is -0.480 e. The number of thiocarbonyl (C=S) groups is 1. The number of nitrogens with zero attached hydrogens (tertiary/aromatic N) is 1. The molecule has 0 atom stereocenters. The van der Waals surface area contributed by atoms with Gasteiger partial charge in [0.2, 0.25) is 0 Å². The Balaban J connectivity index is 2.47. The van der Waals surface area contributed by atoms with Crippen molar-refractivity contribution in [3.05, 3.63) is 23.8 Å².